The maximum atomic E-state index is 5.39. The molecule has 0 saturated heterocycles. The van der Waals surface area contributed by atoms with Gasteiger partial charge in [-0.05, 0) is 35.9 Å². The summed E-state index contributed by atoms with van der Waals surface area (Å²) >= 11 is 7.15. The van der Waals surface area contributed by atoms with E-state index in [-0.39, 0.29) is 0 Å². The number of aryl methyl sites for hydroxylation is 1. The fourth-order valence-electron chi connectivity index (χ4n) is 1.56. The minimum absolute atomic E-state index is 0.993. The second-order valence-corrected chi connectivity index (χ2v) is 4.86. The lowest BCUT2D eigenvalue weighted by Gasteiger charge is -2.06. The van der Waals surface area contributed by atoms with Crippen molar-refractivity contribution in [3.8, 4) is 10.4 Å². The van der Waals surface area contributed by atoms with Crippen LogP contribution in [0.5, 0.6) is 0 Å². The van der Waals surface area contributed by atoms with Crippen LogP contribution in [0, 0.1) is 18.4 Å². The third-order valence-electron chi connectivity index (χ3n) is 2.43. The first-order valence-corrected chi connectivity index (χ1v) is 6.13. The molecule has 2 heteroatoms. The molecule has 0 fully saturated rings. The summed E-state index contributed by atoms with van der Waals surface area (Å²) in [5.41, 5.74) is 3.68. The number of hydrogen-bond acceptors (Lipinski definition) is 2. The lowest BCUT2D eigenvalue weighted by atomic mass is 10.1. The van der Waals surface area contributed by atoms with Crippen molar-refractivity contribution in [2.45, 2.75) is 13.8 Å². The maximum absolute atomic E-state index is 5.39. The van der Waals surface area contributed by atoms with Gasteiger partial charge in [0, 0.05) is 9.39 Å². The van der Waals surface area contributed by atoms with Crippen LogP contribution in [0.4, 0.5) is 0 Å². The Kier molecular flexibility index (Phi) is 2.98. The summed E-state index contributed by atoms with van der Waals surface area (Å²) in [6, 6.07) is 10.4. The van der Waals surface area contributed by atoms with E-state index in [0.717, 1.165) is 4.51 Å². The summed E-state index contributed by atoms with van der Waals surface area (Å²) in [6.45, 7) is 4.18. The highest BCUT2D eigenvalue weighted by Crippen LogP contribution is 2.29. The highest BCUT2D eigenvalue weighted by molar-refractivity contribution is 7.71. The van der Waals surface area contributed by atoms with Crippen LogP contribution in [0.1, 0.15) is 11.1 Å². The van der Waals surface area contributed by atoms with Crippen molar-refractivity contribution in [2.75, 3.05) is 0 Å². The number of benzene rings is 1. The normalized spacial score (nSPS) is 10.3. The van der Waals surface area contributed by atoms with Crippen LogP contribution >= 0.6 is 23.6 Å². The van der Waals surface area contributed by atoms with E-state index in [2.05, 4.69) is 43.5 Å². The summed E-state index contributed by atoms with van der Waals surface area (Å²) < 4.78 is 0.993. The summed E-state index contributed by atoms with van der Waals surface area (Å²) in [7, 11) is 0. The van der Waals surface area contributed by atoms with E-state index in [0.29, 0.717) is 0 Å². The number of hydrogen-bond donors (Lipinski definition) is 0. The summed E-state index contributed by atoms with van der Waals surface area (Å²) in [6.07, 6.45) is 0. The molecule has 0 N–H and O–H groups in total. The molecule has 1 heterocycles. The van der Waals surface area contributed by atoms with Crippen molar-refractivity contribution in [1.29, 1.82) is 0 Å². The molecule has 0 bridgehead atoms. The Morgan fingerprint density at radius 3 is 2.40 bits per heavy atom. The highest BCUT2D eigenvalue weighted by Gasteiger charge is 2.04. The minimum Gasteiger partial charge on any atom is -0.143 e. The standard InChI is InChI=1S/C13H12S2/c1-9-8-15-13(10(2)12(9)14)11-6-4-3-5-7-11/h3-8H,1-2H3. The highest BCUT2D eigenvalue weighted by atomic mass is 32.1. The van der Waals surface area contributed by atoms with Gasteiger partial charge in [0.15, 0.2) is 0 Å². The molecule has 0 aliphatic heterocycles. The van der Waals surface area contributed by atoms with Crippen LogP contribution in [-0.4, -0.2) is 0 Å². The summed E-state index contributed by atoms with van der Waals surface area (Å²) in [4.78, 5) is 1.28. The Labute approximate surface area is 99.2 Å². The van der Waals surface area contributed by atoms with Crippen LogP contribution in [0.15, 0.2) is 35.7 Å². The van der Waals surface area contributed by atoms with Crippen molar-refractivity contribution in [1.82, 2.24) is 0 Å². The van der Waals surface area contributed by atoms with Crippen molar-refractivity contribution in [3.63, 3.8) is 0 Å². The number of rotatable bonds is 1. The molecule has 0 unspecified atom stereocenters. The Bertz CT molecular complexity index is 524. The predicted molar refractivity (Wildman–Crippen MR) is 70.1 cm³/mol. The molecular weight excluding hydrogens is 220 g/mol. The SMILES string of the molecule is Cc1csc(-c2ccccc2)c(C)c1=S. The van der Waals surface area contributed by atoms with Gasteiger partial charge in [-0.3, -0.25) is 0 Å². The van der Waals surface area contributed by atoms with E-state index >= 15 is 0 Å². The lowest BCUT2D eigenvalue weighted by molar-refractivity contribution is 1.40. The second-order valence-electron chi connectivity index (χ2n) is 3.57. The van der Waals surface area contributed by atoms with Gasteiger partial charge in [0.25, 0.3) is 0 Å². The molecule has 0 amide bonds. The van der Waals surface area contributed by atoms with Gasteiger partial charge in [-0.25, -0.2) is 0 Å². The van der Waals surface area contributed by atoms with Gasteiger partial charge in [-0.15, -0.1) is 11.3 Å². The molecular formula is C13H12S2. The quantitative estimate of drug-likeness (QED) is 0.639. The van der Waals surface area contributed by atoms with E-state index in [4.69, 9.17) is 12.2 Å². The average Bonchev–Trinajstić information content (AvgIpc) is 2.27. The first kappa shape index (κ1) is 10.5. The van der Waals surface area contributed by atoms with E-state index < -0.39 is 0 Å². The van der Waals surface area contributed by atoms with Crippen LogP contribution < -0.4 is 0 Å². The van der Waals surface area contributed by atoms with Gasteiger partial charge >= 0.3 is 0 Å². The largest absolute Gasteiger partial charge is 0.143 e. The molecule has 0 radical (unpaired) electrons. The maximum Gasteiger partial charge on any atom is 0.0457 e. The van der Waals surface area contributed by atoms with E-state index in [9.17, 15) is 0 Å². The van der Waals surface area contributed by atoms with Gasteiger partial charge in [-0.2, -0.15) is 0 Å². The zero-order chi connectivity index (χ0) is 10.8. The van der Waals surface area contributed by atoms with Crippen LogP contribution in [0.2, 0.25) is 0 Å². The first-order valence-electron chi connectivity index (χ1n) is 4.84. The fraction of sp³-hybridized carbons (Fsp3) is 0.154. The second kappa shape index (κ2) is 4.25. The molecule has 15 heavy (non-hydrogen) atoms. The van der Waals surface area contributed by atoms with Crippen molar-refractivity contribution < 1.29 is 0 Å². The van der Waals surface area contributed by atoms with E-state index in [1.54, 1.807) is 11.3 Å². The predicted octanol–water partition coefficient (Wildman–Crippen LogP) is 4.76. The lowest BCUT2D eigenvalue weighted by Crippen LogP contribution is -1.83. The van der Waals surface area contributed by atoms with Crippen LogP contribution in [0.3, 0.4) is 0 Å². The van der Waals surface area contributed by atoms with Gasteiger partial charge in [0.2, 0.25) is 0 Å². The molecule has 76 valence electrons. The Balaban J connectivity index is 2.66. The Morgan fingerprint density at radius 2 is 1.73 bits per heavy atom. The van der Waals surface area contributed by atoms with Gasteiger partial charge in [0.05, 0.1) is 0 Å². The smallest absolute Gasteiger partial charge is 0.0457 e. The Hall–Kier alpha value is -0.990. The molecule has 1 aromatic carbocycles. The fourth-order valence-corrected chi connectivity index (χ4v) is 2.83. The average molecular weight is 232 g/mol. The minimum atomic E-state index is 0.993. The molecule has 0 atom stereocenters. The topological polar surface area (TPSA) is 0 Å². The van der Waals surface area contributed by atoms with Crippen molar-refractivity contribution in [2.24, 2.45) is 0 Å². The third kappa shape index (κ3) is 2.01. The van der Waals surface area contributed by atoms with E-state index in [1.807, 2.05) is 6.07 Å². The molecule has 2 aromatic rings. The molecule has 0 saturated carbocycles. The molecule has 2 rings (SSSR count). The first-order chi connectivity index (χ1) is 7.20. The monoisotopic (exact) mass is 232 g/mol. The summed E-state index contributed by atoms with van der Waals surface area (Å²) in [5.74, 6) is 0. The van der Waals surface area contributed by atoms with Crippen LogP contribution in [0.25, 0.3) is 10.4 Å². The zero-order valence-electron chi connectivity index (χ0n) is 8.78. The third-order valence-corrected chi connectivity index (χ3v) is 4.31. The molecule has 1 aromatic heterocycles. The zero-order valence-corrected chi connectivity index (χ0v) is 10.4. The van der Waals surface area contributed by atoms with Crippen LogP contribution in [-0.2, 0) is 0 Å². The van der Waals surface area contributed by atoms with Crippen molar-refractivity contribution in [3.05, 3.63) is 51.3 Å². The summed E-state index contributed by atoms with van der Waals surface area (Å²) in [5, 5.41) is 2.14. The molecule has 0 aliphatic carbocycles. The van der Waals surface area contributed by atoms with Crippen molar-refractivity contribution >= 4 is 23.6 Å². The van der Waals surface area contributed by atoms with Gasteiger partial charge < -0.3 is 0 Å². The van der Waals surface area contributed by atoms with E-state index in [1.165, 1.54) is 21.6 Å². The van der Waals surface area contributed by atoms with Gasteiger partial charge in [-0.1, -0.05) is 42.5 Å². The molecule has 0 aliphatic rings. The van der Waals surface area contributed by atoms with Gasteiger partial charge in [0.1, 0.15) is 0 Å². The molecule has 0 spiro atoms. The Morgan fingerprint density at radius 1 is 1.07 bits per heavy atom. The molecule has 0 nitrogen and oxygen atoms in total.